The number of aromatic nitrogens is 3. The molecule has 2 aromatic rings. The highest BCUT2D eigenvalue weighted by atomic mass is 16.4. The van der Waals surface area contributed by atoms with Gasteiger partial charge in [-0.15, -0.1) is 10.2 Å². The van der Waals surface area contributed by atoms with E-state index in [9.17, 15) is 9.90 Å². The lowest BCUT2D eigenvalue weighted by Crippen LogP contribution is -2.37. The molecule has 1 N–H and O–H groups in total. The van der Waals surface area contributed by atoms with Gasteiger partial charge in [0.05, 0.1) is 12.5 Å². The number of carboxylic acid groups (broad SMARTS) is 1. The second-order valence-corrected chi connectivity index (χ2v) is 6.52. The van der Waals surface area contributed by atoms with Crippen molar-refractivity contribution < 1.29 is 9.90 Å². The summed E-state index contributed by atoms with van der Waals surface area (Å²) in [6, 6.07) is 8.37. The number of fused-ring (bicyclic) bond motifs is 1. The molecule has 1 aromatic heterocycles. The molecule has 0 bridgehead atoms. The Morgan fingerprint density at radius 3 is 2.83 bits per heavy atom. The summed E-state index contributed by atoms with van der Waals surface area (Å²) in [6.45, 7) is 3.91. The van der Waals surface area contributed by atoms with Gasteiger partial charge in [0.25, 0.3) is 0 Å². The van der Waals surface area contributed by atoms with Crippen LogP contribution in [0.2, 0.25) is 0 Å². The molecule has 1 aliphatic carbocycles. The van der Waals surface area contributed by atoms with E-state index in [1.807, 2.05) is 31.2 Å². The molecule has 1 aliphatic heterocycles. The average Bonchev–Trinajstić information content (AvgIpc) is 3.31. The Morgan fingerprint density at radius 1 is 1.30 bits per heavy atom. The fourth-order valence-corrected chi connectivity index (χ4v) is 3.54. The van der Waals surface area contributed by atoms with Crippen molar-refractivity contribution >= 4 is 5.97 Å². The number of benzene rings is 1. The van der Waals surface area contributed by atoms with Crippen LogP contribution in [0.5, 0.6) is 0 Å². The monoisotopic (exact) mass is 312 g/mol. The van der Waals surface area contributed by atoms with Gasteiger partial charge in [-0.1, -0.05) is 24.3 Å². The van der Waals surface area contributed by atoms with Crippen molar-refractivity contribution in [2.24, 2.45) is 0 Å². The number of carboxylic acids is 1. The molecule has 0 amide bonds. The van der Waals surface area contributed by atoms with Crippen LogP contribution in [-0.2, 0) is 17.9 Å². The minimum atomic E-state index is -0.762. The molecule has 2 aliphatic rings. The molecule has 0 saturated heterocycles. The normalized spacial score (nSPS) is 21.2. The maximum absolute atomic E-state index is 11.6. The lowest BCUT2D eigenvalue weighted by molar-refractivity contribution is -0.139. The van der Waals surface area contributed by atoms with E-state index in [0.717, 1.165) is 29.3 Å². The summed E-state index contributed by atoms with van der Waals surface area (Å²) in [4.78, 5) is 13.8. The Labute approximate surface area is 134 Å². The van der Waals surface area contributed by atoms with E-state index in [2.05, 4.69) is 19.7 Å². The maximum atomic E-state index is 11.6. The van der Waals surface area contributed by atoms with Crippen LogP contribution in [0.4, 0.5) is 0 Å². The molecule has 6 nitrogen and oxygen atoms in total. The van der Waals surface area contributed by atoms with Gasteiger partial charge >= 0.3 is 5.97 Å². The SMILES string of the molecule is Cc1nnc(CN2Cc3ccccc3C(C(=O)O)C2)n1C1CC1. The van der Waals surface area contributed by atoms with Crippen LogP contribution < -0.4 is 0 Å². The molecule has 1 unspecified atom stereocenters. The Bertz CT molecular complexity index is 751. The van der Waals surface area contributed by atoms with Gasteiger partial charge in [-0.25, -0.2) is 0 Å². The minimum Gasteiger partial charge on any atom is -0.481 e. The largest absolute Gasteiger partial charge is 0.481 e. The molecule has 0 spiro atoms. The van der Waals surface area contributed by atoms with Gasteiger partial charge in [-0.05, 0) is 30.9 Å². The lowest BCUT2D eigenvalue weighted by Gasteiger charge is -2.32. The second kappa shape index (κ2) is 5.45. The third-order valence-electron chi connectivity index (χ3n) is 4.78. The van der Waals surface area contributed by atoms with Crippen LogP contribution in [0, 0.1) is 6.92 Å². The van der Waals surface area contributed by atoms with E-state index in [-0.39, 0.29) is 0 Å². The van der Waals surface area contributed by atoms with Crippen LogP contribution in [0.15, 0.2) is 24.3 Å². The molecule has 4 rings (SSSR count). The lowest BCUT2D eigenvalue weighted by atomic mass is 9.90. The first kappa shape index (κ1) is 14.4. The predicted molar refractivity (Wildman–Crippen MR) is 84.0 cm³/mol. The third-order valence-corrected chi connectivity index (χ3v) is 4.78. The standard InChI is InChI=1S/C17H20N4O2/c1-11-18-19-16(21(11)13-6-7-13)10-20-8-12-4-2-3-5-14(12)15(9-20)17(22)23/h2-5,13,15H,6-10H2,1H3,(H,22,23). The van der Waals surface area contributed by atoms with E-state index in [1.54, 1.807) is 0 Å². The number of aryl methyl sites for hydroxylation is 1. The van der Waals surface area contributed by atoms with Crippen LogP contribution in [0.1, 0.15) is 47.6 Å². The zero-order chi connectivity index (χ0) is 16.0. The fourth-order valence-electron chi connectivity index (χ4n) is 3.54. The summed E-state index contributed by atoms with van der Waals surface area (Å²) in [6.07, 6.45) is 2.37. The summed E-state index contributed by atoms with van der Waals surface area (Å²) in [5.74, 6) is 0.670. The van der Waals surface area contributed by atoms with Gasteiger partial charge in [0, 0.05) is 19.1 Å². The highest BCUT2D eigenvalue weighted by Crippen LogP contribution is 2.37. The molecule has 1 atom stereocenters. The molecule has 1 fully saturated rings. The van der Waals surface area contributed by atoms with Crippen LogP contribution in [0.25, 0.3) is 0 Å². The predicted octanol–water partition coefficient (Wildman–Crippen LogP) is 2.11. The molecule has 0 radical (unpaired) electrons. The van der Waals surface area contributed by atoms with Gasteiger partial charge in [0.15, 0.2) is 0 Å². The van der Waals surface area contributed by atoms with Crippen molar-refractivity contribution in [1.82, 2.24) is 19.7 Å². The van der Waals surface area contributed by atoms with Crippen LogP contribution >= 0.6 is 0 Å². The van der Waals surface area contributed by atoms with Gasteiger partial charge < -0.3 is 9.67 Å². The molecule has 1 saturated carbocycles. The average molecular weight is 312 g/mol. The highest BCUT2D eigenvalue weighted by molar-refractivity contribution is 5.77. The van der Waals surface area contributed by atoms with Gasteiger partial charge in [0.2, 0.25) is 0 Å². The Hall–Kier alpha value is -2.21. The summed E-state index contributed by atoms with van der Waals surface area (Å²) in [7, 11) is 0. The summed E-state index contributed by atoms with van der Waals surface area (Å²) in [5.41, 5.74) is 2.04. The van der Waals surface area contributed by atoms with Crippen molar-refractivity contribution in [3.05, 3.63) is 47.0 Å². The quantitative estimate of drug-likeness (QED) is 0.936. The van der Waals surface area contributed by atoms with E-state index < -0.39 is 11.9 Å². The van der Waals surface area contributed by atoms with Crippen molar-refractivity contribution in [3.63, 3.8) is 0 Å². The molecule has 1 aromatic carbocycles. The van der Waals surface area contributed by atoms with Crippen molar-refractivity contribution in [1.29, 1.82) is 0 Å². The van der Waals surface area contributed by atoms with Crippen molar-refractivity contribution in [3.8, 4) is 0 Å². The number of nitrogens with zero attached hydrogens (tertiary/aromatic N) is 4. The fraction of sp³-hybridized carbons (Fsp3) is 0.471. The summed E-state index contributed by atoms with van der Waals surface area (Å²) >= 11 is 0. The van der Waals surface area contributed by atoms with Crippen LogP contribution in [0.3, 0.4) is 0 Å². The van der Waals surface area contributed by atoms with E-state index in [1.165, 1.54) is 12.8 Å². The highest BCUT2D eigenvalue weighted by Gasteiger charge is 2.33. The maximum Gasteiger partial charge on any atom is 0.312 e. The molecule has 120 valence electrons. The minimum absolute atomic E-state index is 0.474. The number of aliphatic carboxylic acids is 1. The van der Waals surface area contributed by atoms with E-state index in [4.69, 9.17) is 0 Å². The number of rotatable bonds is 4. The first-order valence-electron chi connectivity index (χ1n) is 8.07. The number of hydrogen-bond acceptors (Lipinski definition) is 4. The summed E-state index contributed by atoms with van der Waals surface area (Å²) in [5, 5.41) is 18.1. The van der Waals surface area contributed by atoms with Gasteiger partial charge in [0.1, 0.15) is 11.6 Å². The van der Waals surface area contributed by atoms with Crippen molar-refractivity contribution in [2.45, 2.75) is 44.8 Å². The zero-order valence-corrected chi connectivity index (χ0v) is 13.1. The molecular formula is C17H20N4O2. The third kappa shape index (κ3) is 2.63. The van der Waals surface area contributed by atoms with E-state index >= 15 is 0 Å². The molecule has 2 heterocycles. The summed E-state index contributed by atoms with van der Waals surface area (Å²) < 4.78 is 2.22. The smallest absolute Gasteiger partial charge is 0.312 e. The number of carbonyl (C=O) groups is 1. The molecular weight excluding hydrogens is 292 g/mol. The topological polar surface area (TPSA) is 71.2 Å². The van der Waals surface area contributed by atoms with E-state index in [0.29, 0.717) is 19.1 Å². The Balaban J connectivity index is 1.60. The van der Waals surface area contributed by atoms with Gasteiger partial charge in [-0.2, -0.15) is 0 Å². The van der Waals surface area contributed by atoms with Crippen molar-refractivity contribution in [2.75, 3.05) is 6.54 Å². The first-order valence-corrected chi connectivity index (χ1v) is 8.07. The second-order valence-electron chi connectivity index (χ2n) is 6.52. The Kier molecular flexibility index (Phi) is 3.41. The zero-order valence-electron chi connectivity index (χ0n) is 13.1. The van der Waals surface area contributed by atoms with Gasteiger partial charge in [-0.3, -0.25) is 9.69 Å². The first-order chi connectivity index (χ1) is 11.1. The van der Waals surface area contributed by atoms with Crippen LogP contribution in [-0.4, -0.2) is 37.3 Å². The molecule has 6 heteroatoms. The molecule has 23 heavy (non-hydrogen) atoms. The number of hydrogen-bond donors (Lipinski definition) is 1. The Morgan fingerprint density at radius 2 is 2.09 bits per heavy atom.